The second-order valence-electron chi connectivity index (χ2n) is 3.36. The molecule has 0 atom stereocenters. The van der Waals surface area contributed by atoms with E-state index in [9.17, 15) is 8.42 Å². The minimum atomic E-state index is -3.65. The summed E-state index contributed by atoms with van der Waals surface area (Å²) in [6.07, 6.45) is 2.16. The second-order valence-corrected chi connectivity index (χ2v) is 4.62. The van der Waals surface area contributed by atoms with Gasteiger partial charge < -0.3 is 10.2 Å². The highest BCUT2D eigenvalue weighted by atomic mass is 32.2. The van der Waals surface area contributed by atoms with E-state index in [4.69, 9.17) is 0 Å². The molecule has 6 nitrogen and oxygen atoms in total. The van der Waals surface area contributed by atoms with Gasteiger partial charge in [-0.2, -0.15) is 8.42 Å². The van der Waals surface area contributed by atoms with Crippen LogP contribution in [0.2, 0.25) is 0 Å². The van der Waals surface area contributed by atoms with E-state index in [2.05, 4.69) is 14.1 Å². The summed E-state index contributed by atoms with van der Waals surface area (Å²) in [5, 5.41) is 2.86. The van der Waals surface area contributed by atoms with Gasteiger partial charge in [-0.15, -0.1) is 8.80 Å². The fraction of sp³-hybridized carbons (Fsp3) is 0.714. The molecule has 2 heterocycles. The Bertz CT molecular complexity index is 392. The molecule has 1 N–H and O–H groups in total. The minimum Gasteiger partial charge on any atom is -0.342 e. The highest BCUT2D eigenvalue weighted by molar-refractivity contribution is 7.89. The zero-order valence-corrected chi connectivity index (χ0v) is 8.71. The first-order valence-corrected chi connectivity index (χ1v) is 5.90. The van der Waals surface area contributed by atoms with Gasteiger partial charge >= 0.3 is 10.2 Å². The zero-order chi connectivity index (χ0) is 10.2. The lowest BCUT2D eigenvalue weighted by Crippen LogP contribution is -2.44. The maximum Gasteiger partial charge on any atom is 0.367 e. The number of guanidine groups is 1. The van der Waals surface area contributed by atoms with E-state index < -0.39 is 10.2 Å². The van der Waals surface area contributed by atoms with Crippen LogP contribution in [0, 0.1) is 0 Å². The van der Waals surface area contributed by atoms with Gasteiger partial charge in [-0.05, 0) is 19.8 Å². The van der Waals surface area contributed by atoms with Gasteiger partial charge in [-0.25, -0.2) is 0 Å². The van der Waals surface area contributed by atoms with Crippen LogP contribution in [-0.4, -0.2) is 38.2 Å². The Morgan fingerprint density at radius 3 is 2.50 bits per heavy atom. The Morgan fingerprint density at radius 2 is 1.93 bits per heavy atom. The van der Waals surface area contributed by atoms with Gasteiger partial charge in [0.15, 0.2) is 0 Å². The van der Waals surface area contributed by atoms with Crippen molar-refractivity contribution in [2.45, 2.75) is 19.8 Å². The maximum absolute atomic E-state index is 11.2. The van der Waals surface area contributed by atoms with Crippen molar-refractivity contribution in [2.24, 2.45) is 8.80 Å². The van der Waals surface area contributed by atoms with E-state index in [1.165, 1.54) is 0 Å². The molecule has 0 aromatic rings. The monoisotopic (exact) mass is 216 g/mol. The van der Waals surface area contributed by atoms with Crippen LogP contribution in [0.4, 0.5) is 0 Å². The lowest BCUT2D eigenvalue weighted by molar-refractivity contribution is 0.505. The first-order chi connectivity index (χ1) is 6.57. The lowest BCUT2D eigenvalue weighted by Gasteiger charge is -2.22. The summed E-state index contributed by atoms with van der Waals surface area (Å²) >= 11 is 0. The van der Waals surface area contributed by atoms with Crippen LogP contribution < -0.4 is 5.32 Å². The molecule has 2 aliphatic heterocycles. The molecule has 0 aromatic heterocycles. The lowest BCUT2D eigenvalue weighted by atomic mass is 10.4. The molecule has 2 rings (SSSR count). The van der Waals surface area contributed by atoms with Gasteiger partial charge in [0.2, 0.25) is 5.96 Å². The first kappa shape index (κ1) is 9.45. The van der Waals surface area contributed by atoms with Crippen molar-refractivity contribution >= 4 is 22.0 Å². The van der Waals surface area contributed by atoms with Gasteiger partial charge in [-0.1, -0.05) is 0 Å². The van der Waals surface area contributed by atoms with Gasteiger partial charge in [0.25, 0.3) is 0 Å². The Balaban J connectivity index is 2.25. The van der Waals surface area contributed by atoms with Gasteiger partial charge in [-0.3, -0.25) is 0 Å². The van der Waals surface area contributed by atoms with Crippen LogP contribution in [0.5, 0.6) is 0 Å². The number of hydrogen-bond donors (Lipinski definition) is 1. The fourth-order valence-electron chi connectivity index (χ4n) is 1.58. The summed E-state index contributed by atoms with van der Waals surface area (Å²) in [7, 11) is -3.65. The Morgan fingerprint density at radius 1 is 1.29 bits per heavy atom. The van der Waals surface area contributed by atoms with Crippen molar-refractivity contribution in [1.29, 1.82) is 0 Å². The number of likely N-dealkylation sites (tertiary alicyclic amines) is 1. The van der Waals surface area contributed by atoms with E-state index in [-0.39, 0.29) is 0 Å². The van der Waals surface area contributed by atoms with E-state index >= 15 is 0 Å². The molecule has 0 aromatic carbocycles. The Labute approximate surface area is 82.9 Å². The van der Waals surface area contributed by atoms with Crippen molar-refractivity contribution in [3.8, 4) is 0 Å². The van der Waals surface area contributed by atoms with Crippen molar-refractivity contribution in [2.75, 3.05) is 13.1 Å². The summed E-state index contributed by atoms with van der Waals surface area (Å²) in [5.41, 5.74) is 0. The van der Waals surface area contributed by atoms with Gasteiger partial charge in [0, 0.05) is 13.1 Å². The highest BCUT2D eigenvalue weighted by Crippen LogP contribution is 2.10. The summed E-state index contributed by atoms with van der Waals surface area (Å²) in [4.78, 5) is 1.93. The molecule has 7 heteroatoms. The van der Waals surface area contributed by atoms with Crippen LogP contribution in [0.3, 0.4) is 0 Å². The summed E-state index contributed by atoms with van der Waals surface area (Å²) in [6.45, 7) is 3.32. The second kappa shape index (κ2) is 3.23. The molecule has 14 heavy (non-hydrogen) atoms. The molecular formula is C7H12N4O2S. The third-order valence-electron chi connectivity index (χ3n) is 2.15. The molecule has 0 saturated carbocycles. The van der Waals surface area contributed by atoms with Crippen molar-refractivity contribution < 1.29 is 8.42 Å². The molecule has 78 valence electrons. The quantitative estimate of drug-likeness (QED) is 0.603. The third kappa shape index (κ3) is 1.87. The molecule has 0 radical (unpaired) electrons. The largest absolute Gasteiger partial charge is 0.367 e. The standard InChI is InChI=1S/C7H12N4O2S/c1-6-8-7(10-14(12,13)9-6)11-4-2-3-5-11/h2-5H2,1H3,(H,8,9,10). The summed E-state index contributed by atoms with van der Waals surface area (Å²) in [6, 6.07) is 0. The zero-order valence-electron chi connectivity index (χ0n) is 7.89. The van der Waals surface area contributed by atoms with E-state index in [0.717, 1.165) is 25.9 Å². The molecule has 0 amide bonds. The number of rotatable bonds is 0. The van der Waals surface area contributed by atoms with Crippen molar-refractivity contribution in [1.82, 2.24) is 10.2 Å². The highest BCUT2D eigenvalue weighted by Gasteiger charge is 2.23. The molecular weight excluding hydrogens is 204 g/mol. The van der Waals surface area contributed by atoms with Crippen LogP contribution in [0.25, 0.3) is 0 Å². The van der Waals surface area contributed by atoms with Crippen LogP contribution in [0.1, 0.15) is 19.8 Å². The van der Waals surface area contributed by atoms with Crippen molar-refractivity contribution in [3.63, 3.8) is 0 Å². The molecule has 0 bridgehead atoms. The molecule has 0 unspecified atom stereocenters. The third-order valence-corrected chi connectivity index (χ3v) is 3.06. The molecule has 1 fully saturated rings. The van der Waals surface area contributed by atoms with E-state index in [1.807, 2.05) is 4.90 Å². The first-order valence-electron chi connectivity index (χ1n) is 4.50. The van der Waals surface area contributed by atoms with E-state index in [1.54, 1.807) is 6.92 Å². The van der Waals surface area contributed by atoms with Gasteiger partial charge in [0.1, 0.15) is 5.84 Å². The predicted octanol–water partition coefficient (Wildman–Crippen LogP) is -0.295. The molecule has 1 saturated heterocycles. The summed E-state index contributed by atoms with van der Waals surface area (Å²) in [5.74, 6) is 0.789. The maximum atomic E-state index is 11.2. The molecule has 0 spiro atoms. The predicted molar refractivity (Wildman–Crippen MR) is 53.4 cm³/mol. The fourth-order valence-corrected chi connectivity index (χ4v) is 2.39. The Hall–Kier alpha value is -1.11. The van der Waals surface area contributed by atoms with Crippen LogP contribution >= 0.6 is 0 Å². The SMILES string of the molecule is CC1=NS(=O)(=O)N=C(N2CCCC2)N1. The number of nitrogens with zero attached hydrogens (tertiary/aromatic N) is 3. The number of hydrogen-bond acceptors (Lipinski definition) is 4. The van der Waals surface area contributed by atoms with Crippen LogP contribution in [0.15, 0.2) is 8.80 Å². The normalized spacial score (nSPS) is 25.4. The minimum absolute atomic E-state index is 0.377. The smallest absolute Gasteiger partial charge is 0.342 e. The average Bonchev–Trinajstić information content (AvgIpc) is 2.51. The van der Waals surface area contributed by atoms with Crippen LogP contribution in [-0.2, 0) is 10.2 Å². The van der Waals surface area contributed by atoms with Crippen molar-refractivity contribution in [3.05, 3.63) is 0 Å². The number of amidine groups is 1. The summed E-state index contributed by atoms with van der Waals surface area (Å²) < 4.78 is 29.3. The average molecular weight is 216 g/mol. The van der Waals surface area contributed by atoms with E-state index in [0.29, 0.717) is 11.8 Å². The molecule has 2 aliphatic rings. The molecule has 0 aliphatic carbocycles. The topological polar surface area (TPSA) is 74.1 Å². The number of nitrogens with one attached hydrogen (secondary N) is 1. The Kier molecular flexibility index (Phi) is 2.18. The van der Waals surface area contributed by atoms with Gasteiger partial charge in [0.05, 0.1) is 0 Å².